The third-order valence-electron chi connectivity index (χ3n) is 2.76. The zero-order valence-electron chi connectivity index (χ0n) is 11.0. The number of hydrogen-bond donors (Lipinski definition) is 1. The van der Waals surface area contributed by atoms with Gasteiger partial charge in [0.2, 0.25) is 0 Å². The Morgan fingerprint density at radius 1 is 1.16 bits per heavy atom. The van der Waals surface area contributed by atoms with Gasteiger partial charge in [0.05, 0.1) is 25.1 Å². The van der Waals surface area contributed by atoms with Crippen LogP contribution in [0.25, 0.3) is 0 Å². The zero-order chi connectivity index (χ0) is 13.7. The molecule has 0 aliphatic heterocycles. The molecule has 0 saturated heterocycles. The number of benzene rings is 1. The normalized spacial score (nSPS) is 11.9. The second kappa shape index (κ2) is 6.20. The lowest BCUT2D eigenvalue weighted by molar-refractivity contribution is 0.169. The lowest BCUT2D eigenvalue weighted by atomic mass is 10.2. The maximum Gasteiger partial charge on any atom is 0.145 e. The van der Waals surface area contributed by atoms with Gasteiger partial charge in [0, 0.05) is 6.07 Å². The molecule has 0 amide bonds. The fourth-order valence-corrected chi connectivity index (χ4v) is 1.66. The quantitative estimate of drug-likeness (QED) is 0.894. The molecule has 0 aliphatic rings. The molecule has 2 aromatic rings. The fraction of sp³-hybridized carbons (Fsp3) is 0.267. The zero-order valence-corrected chi connectivity index (χ0v) is 11.0. The Bertz CT molecular complexity index is 525. The molecule has 1 aromatic carbocycles. The van der Waals surface area contributed by atoms with Crippen LogP contribution in [0.15, 0.2) is 42.6 Å². The Labute approximate surface area is 112 Å². The van der Waals surface area contributed by atoms with E-state index in [1.54, 1.807) is 31.5 Å². The van der Waals surface area contributed by atoms with Crippen LogP contribution in [-0.2, 0) is 0 Å². The first-order valence-corrected chi connectivity index (χ1v) is 6.19. The summed E-state index contributed by atoms with van der Waals surface area (Å²) in [5.41, 5.74) is 0.653. The van der Waals surface area contributed by atoms with Crippen molar-refractivity contribution in [1.82, 2.24) is 4.98 Å². The van der Waals surface area contributed by atoms with E-state index in [0.29, 0.717) is 23.6 Å². The van der Waals surface area contributed by atoms with Crippen LogP contribution in [0, 0.1) is 0 Å². The van der Waals surface area contributed by atoms with E-state index >= 15 is 0 Å². The maximum absolute atomic E-state index is 9.66. The third kappa shape index (κ3) is 3.45. The average molecular weight is 259 g/mol. The van der Waals surface area contributed by atoms with Gasteiger partial charge in [0.15, 0.2) is 0 Å². The van der Waals surface area contributed by atoms with Crippen LogP contribution in [-0.4, -0.2) is 17.2 Å². The molecule has 19 heavy (non-hydrogen) atoms. The van der Waals surface area contributed by atoms with Crippen LogP contribution < -0.4 is 9.47 Å². The van der Waals surface area contributed by atoms with Gasteiger partial charge in [-0.1, -0.05) is 13.0 Å². The van der Waals surface area contributed by atoms with Crippen molar-refractivity contribution in [2.24, 2.45) is 0 Å². The highest BCUT2D eigenvalue weighted by molar-refractivity contribution is 5.36. The number of aliphatic hydroxyl groups is 1. The number of rotatable bonds is 5. The molecular formula is C15H17NO3. The topological polar surface area (TPSA) is 51.6 Å². The summed E-state index contributed by atoms with van der Waals surface area (Å²) in [5, 5.41) is 9.66. The number of ether oxygens (including phenoxy) is 2. The molecule has 0 aliphatic carbocycles. The summed E-state index contributed by atoms with van der Waals surface area (Å²) >= 11 is 0. The van der Waals surface area contributed by atoms with Crippen molar-refractivity contribution in [1.29, 1.82) is 0 Å². The van der Waals surface area contributed by atoms with Gasteiger partial charge in [-0.3, -0.25) is 4.98 Å². The van der Waals surface area contributed by atoms with Gasteiger partial charge in [0.1, 0.15) is 17.2 Å². The van der Waals surface area contributed by atoms with Gasteiger partial charge in [0.25, 0.3) is 0 Å². The minimum absolute atomic E-state index is 0.522. The highest BCUT2D eigenvalue weighted by Crippen LogP contribution is 2.25. The molecule has 0 fully saturated rings. The van der Waals surface area contributed by atoms with Crippen molar-refractivity contribution in [2.45, 2.75) is 19.4 Å². The van der Waals surface area contributed by atoms with E-state index in [1.165, 1.54) is 0 Å². The lowest BCUT2D eigenvalue weighted by Gasteiger charge is -2.09. The highest BCUT2D eigenvalue weighted by atomic mass is 16.5. The van der Waals surface area contributed by atoms with Gasteiger partial charge in [-0.15, -0.1) is 0 Å². The molecule has 2 rings (SSSR count). The van der Waals surface area contributed by atoms with E-state index in [0.717, 1.165) is 5.75 Å². The van der Waals surface area contributed by atoms with Crippen LogP contribution in [0.1, 0.15) is 25.1 Å². The number of hydrogen-bond acceptors (Lipinski definition) is 4. The largest absolute Gasteiger partial charge is 0.497 e. The van der Waals surface area contributed by atoms with E-state index in [2.05, 4.69) is 4.98 Å². The Morgan fingerprint density at radius 3 is 2.58 bits per heavy atom. The second-order valence-corrected chi connectivity index (χ2v) is 4.12. The van der Waals surface area contributed by atoms with E-state index in [1.807, 2.05) is 25.1 Å². The molecule has 1 heterocycles. The van der Waals surface area contributed by atoms with Crippen molar-refractivity contribution in [3.05, 3.63) is 48.3 Å². The Kier molecular flexibility index (Phi) is 4.36. The first-order chi connectivity index (χ1) is 9.22. The summed E-state index contributed by atoms with van der Waals surface area (Å²) in [5.74, 6) is 2.05. The van der Waals surface area contributed by atoms with E-state index in [4.69, 9.17) is 9.47 Å². The molecule has 0 radical (unpaired) electrons. The molecule has 0 saturated carbocycles. The van der Waals surface area contributed by atoms with Crippen molar-refractivity contribution >= 4 is 0 Å². The number of aliphatic hydroxyl groups excluding tert-OH is 1. The Morgan fingerprint density at radius 2 is 1.95 bits per heavy atom. The summed E-state index contributed by atoms with van der Waals surface area (Å²) in [4.78, 5) is 4.18. The van der Waals surface area contributed by atoms with Crippen molar-refractivity contribution < 1.29 is 14.6 Å². The average Bonchev–Trinajstić information content (AvgIpc) is 2.47. The molecule has 0 spiro atoms. The van der Waals surface area contributed by atoms with Crippen LogP contribution in [0.3, 0.4) is 0 Å². The highest BCUT2D eigenvalue weighted by Gasteiger charge is 2.06. The third-order valence-corrected chi connectivity index (χ3v) is 2.76. The van der Waals surface area contributed by atoms with E-state index in [-0.39, 0.29) is 0 Å². The van der Waals surface area contributed by atoms with Gasteiger partial charge in [-0.2, -0.15) is 0 Å². The summed E-state index contributed by atoms with van der Waals surface area (Å²) in [7, 11) is 1.61. The molecule has 100 valence electrons. The molecular weight excluding hydrogens is 242 g/mol. The molecule has 1 atom stereocenters. The van der Waals surface area contributed by atoms with E-state index in [9.17, 15) is 5.11 Å². The van der Waals surface area contributed by atoms with Gasteiger partial charge in [-0.05, 0) is 30.7 Å². The fourth-order valence-electron chi connectivity index (χ4n) is 1.66. The maximum atomic E-state index is 9.66. The molecule has 4 heteroatoms. The van der Waals surface area contributed by atoms with Crippen molar-refractivity contribution in [3.8, 4) is 17.2 Å². The Balaban J connectivity index is 2.10. The molecule has 1 N–H and O–H groups in total. The lowest BCUT2D eigenvalue weighted by Crippen LogP contribution is -1.98. The van der Waals surface area contributed by atoms with Crippen LogP contribution >= 0.6 is 0 Å². The summed E-state index contributed by atoms with van der Waals surface area (Å²) in [6, 6.07) is 10.9. The predicted molar refractivity (Wildman–Crippen MR) is 72.6 cm³/mol. The molecule has 0 bridgehead atoms. The first-order valence-electron chi connectivity index (χ1n) is 6.19. The number of nitrogens with zero attached hydrogens (tertiary/aromatic N) is 1. The van der Waals surface area contributed by atoms with Gasteiger partial charge in [-0.25, -0.2) is 0 Å². The minimum Gasteiger partial charge on any atom is -0.497 e. The number of pyridine rings is 1. The van der Waals surface area contributed by atoms with E-state index < -0.39 is 6.10 Å². The summed E-state index contributed by atoms with van der Waals surface area (Å²) < 4.78 is 10.8. The molecule has 4 nitrogen and oxygen atoms in total. The van der Waals surface area contributed by atoms with Gasteiger partial charge < -0.3 is 14.6 Å². The van der Waals surface area contributed by atoms with Crippen molar-refractivity contribution in [3.63, 3.8) is 0 Å². The van der Waals surface area contributed by atoms with Crippen LogP contribution in [0.4, 0.5) is 0 Å². The second-order valence-electron chi connectivity index (χ2n) is 4.12. The molecule has 1 aromatic heterocycles. The van der Waals surface area contributed by atoms with Gasteiger partial charge >= 0.3 is 0 Å². The van der Waals surface area contributed by atoms with Crippen LogP contribution in [0.5, 0.6) is 17.2 Å². The van der Waals surface area contributed by atoms with Crippen molar-refractivity contribution in [2.75, 3.05) is 7.11 Å². The SMILES string of the molecule is CCC(O)c1ccc(Oc2cccc(OC)c2)cn1. The smallest absolute Gasteiger partial charge is 0.145 e. The summed E-state index contributed by atoms with van der Waals surface area (Å²) in [6.07, 6.45) is 1.72. The minimum atomic E-state index is -0.522. The van der Waals surface area contributed by atoms with Crippen LogP contribution in [0.2, 0.25) is 0 Å². The summed E-state index contributed by atoms with van der Waals surface area (Å²) in [6.45, 7) is 1.91. The first kappa shape index (κ1) is 13.4. The predicted octanol–water partition coefficient (Wildman–Crippen LogP) is 3.33. The number of aromatic nitrogens is 1. The standard InChI is InChI=1S/C15H17NO3/c1-3-15(17)14-8-7-13(10-16-14)19-12-6-4-5-11(9-12)18-2/h4-10,15,17H,3H2,1-2H3. The monoisotopic (exact) mass is 259 g/mol. The molecule has 1 unspecified atom stereocenters. The Hall–Kier alpha value is -2.07. The number of methoxy groups -OCH3 is 1.